The first-order valence-electron chi connectivity index (χ1n) is 12.8. The monoisotopic (exact) mass is 440 g/mol. The molecule has 4 atom stereocenters. The summed E-state index contributed by atoms with van der Waals surface area (Å²) in [5, 5.41) is 0. The highest BCUT2D eigenvalue weighted by Gasteiger charge is 2.36. The van der Waals surface area contributed by atoms with Gasteiger partial charge in [-0.05, 0) is 97.8 Å². The summed E-state index contributed by atoms with van der Waals surface area (Å²) >= 11 is 0. The number of fused-ring (bicyclic) bond motifs is 1. The predicted octanol–water partition coefficient (Wildman–Crippen LogP) is 8.25. The summed E-state index contributed by atoms with van der Waals surface area (Å²) in [5.74, 6) is 1.19. The molecule has 0 heterocycles. The van der Waals surface area contributed by atoms with Gasteiger partial charge in [-0.15, -0.1) is 0 Å². The van der Waals surface area contributed by atoms with Gasteiger partial charge < -0.3 is 4.74 Å². The molecule has 0 saturated heterocycles. The van der Waals surface area contributed by atoms with Gasteiger partial charge in [0.25, 0.3) is 0 Å². The van der Waals surface area contributed by atoms with Gasteiger partial charge in [0.2, 0.25) is 5.82 Å². The SMILES string of the molecule is CCCc1ccc(C2CCC3CC(COc4ccc(CCC)c(F)c4F)CCC3C2)cc1. The lowest BCUT2D eigenvalue weighted by Gasteiger charge is -2.42. The summed E-state index contributed by atoms with van der Waals surface area (Å²) in [7, 11) is 0. The van der Waals surface area contributed by atoms with Crippen LogP contribution in [0.3, 0.4) is 0 Å². The van der Waals surface area contributed by atoms with Crippen molar-refractivity contribution in [2.45, 2.75) is 84.0 Å². The van der Waals surface area contributed by atoms with Crippen LogP contribution in [0.1, 0.15) is 87.8 Å². The van der Waals surface area contributed by atoms with Gasteiger partial charge >= 0.3 is 0 Å². The second-order valence-electron chi connectivity index (χ2n) is 10.1. The van der Waals surface area contributed by atoms with E-state index in [1.165, 1.54) is 49.7 Å². The third-order valence-electron chi connectivity index (χ3n) is 7.83. The van der Waals surface area contributed by atoms with E-state index in [0.29, 0.717) is 30.4 Å². The molecule has 2 aliphatic rings. The highest BCUT2D eigenvalue weighted by molar-refractivity contribution is 5.31. The maximum Gasteiger partial charge on any atom is 0.200 e. The maximum absolute atomic E-state index is 14.4. The highest BCUT2D eigenvalue weighted by Crippen LogP contribution is 2.47. The number of halogens is 2. The van der Waals surface area contributed by atoms with Crippen molar-refractivity contribution in [3.05, 3.63) is 64.7 Å². The molecule has 32 heavy (non-hydrogen) atoms. The normalized spacial score (nSPS) is 25.4. The van der Waals surface area contributed by atoms with Crippen LogP contribution in [0.15, 0.2) is 36.4 Å². The van der Waals surface area contributed by atoms with Crippen LogP contribution >= 0.6 is 0 Å². The Balaban J connectivity index is 1.29. The van der Waals surface area contributed by atoms with Crippen LogP contribution in [-0.2, 0) is 12.8 Å². The topological polar surface area (TPSA) is 9.23 Å². The molecule has 4 rings (SSSR count). The summed E-state index contributed by atoms with van der Waals surface area (Å²) in [6, 6.07) is 12.6. The van der Waals surface area contributed by atoms with Gasteiger partial charge in [-0.25, -0.2) is 4.39 Å². The lowest BCUT2D eigenvalue weighted by Crippen LogP contribution is -2.32. The fourth-order valence-electron chi connectivity index (χ4n) is 6.04. The Bertz CT molecular complexity index is 875. The summed E-state index contributed by atoms with van der Waals surface area (Å²) in [6.45, 7) is 4.69. The Kier molecular flexibility index (Phi) is 7.86. The largest absolute Gasteiger partial charge is 0.490 e. The number of hydrogen-bond acceptors (Lipinski definition) is 1. The van der Waals surface area contributed by atoms with Crippen molar-refractivity contribution >= 4 is 0 Å². The molecule has 0 aromatic heterocycles. The van der Waals surface area contributed by atoms with E-state index in [0.717, 1.165) is 31.1 Å². The molecule has 2 aliphatic carbocycles. The number of hydrogen-bond donors (Lipinski definition) is 0. The highest BCUT2D eigenvalue weighted by atomic mass is 19.2. The smallest absolute Gasteiger partial charge is 0.200 e. The van der Waals surface area contributed by atoms with Crippen LogP contribution < -0.4 is 4.74 Å². The van der Waals surface area contributed by atoms with E-state index in [9.17, 15) is 8.78 Å². The maximum atomic E-state index is 14.4. The van der Waals surface area contributed by atoms with Crippen LogP contribution in [-0.4, -0.2) is 6.61 Å². The number of rotatable bonds is 8. The van der Waals surface area contributed by atoms with Gasteiger partial charge in [0.05, 0.1) is 6.61 Å². The van der Waals surface area contributed by atoms with Crippen LogP contribution in [0.25, 0.3) is 0 Å². The van der Waals surface area contributed by atoms with Crippen molar-refractivity contribution in [1.82, 2.24) is 0 Å². The van der Waals surface area contributed by atoms with Gasteiger partial charge in [-0.1, -0.05) is 57.0 Å². The first kappa shape index (κ1) is 23.3. The van der Waals surface area contributed by atoms with Gasteiger partial charge in [-0.3, -0.25) is 0 Å². The molecule has 174 valence electrons. The van der Waals surface area contributed by atoms with E-state index < -0.39 is 11.6 Å². The van der Waals surface area contributed by atoms with Crippen molar-refractivity contribution < 1.29 is 13.5 Å². The van der Waals surface area contributed by atoms with Crippen LogP contribution in [0.5, 0.6) is 5.75 Å². The fourth-order valence-corrected chi connectivity index (χ4v) is 6.04. The van der Waals surface area contributed by atoms with Crippen molar-refractivity contribution in [2.24, 2.45) is 17.8 Å². The molecule has 2 fully saturated rings. The van der Waals surface area contributed by atoms with Crippen molar-refractivity contribution in [3.8, 4) is 5.75 Å². The lowest BCUT2D eigenvalue weighted by atomic mass is 9.64. The zero-order valence-corrected chi connectivity index (χ0v) is 19.7. The van der Waals surface area contributed by atoms with E-state index in [-0.39, 0.29) is 5.75 Å². The molecular formula is C29H38F2O. The molecule has 2 aromatic carbocycles. The molecule has 0 aliphatic heterocycles. The zero-order valence-electron chi connectivity index (χ0n) is 19.7. The first-order valence-corrected chi connectivity index (χ1v) is 12.8. The van der Waals surface area contributed by atoms with Crippen molar-refractivity contribution in [1.29, 1.82) is 0 Å². The van der Waals surface area contributed by atoms with Crippen molar-refractivity contribution in [3.63, 3.8) is 0 Å². The molecular weight excluding hydrogens is 402 g/mol. The minimum atomic E-state index is -0.824. The Morgan fingerprint density at radius 2 is 1.50 bits per heavy atom. The Morgan fingerprint density at radius 3 is 2.25 bits per heavy atom. The van der Waals surface area contributed by atoms with Gasteiger partial charge in [0, 0.05) is 0 Å². The summed E-state index contributed by atoms with van der Waals surface area (Å²) in [6.07, 6.45) is 11.1. The van der Waals surface area contributed by atoms with E-state index in [2.05, 4.69) is 31.2 Å². The lowest BCUT2D eigenvalue weighted by molar-refractivity contribution is 0.0902. The number of ether oxygens (including phenoxy) is 1. The molecule has 0 N–H and O–H groups in total. The van der Waals surface area contributed by atoms with E-state index in [4.69, 9.17) is 4.74 Å². The molecule has 0 amide bonds. The molecule has 0 spiro atoms. The van der Waals surface area contributed by atoms with Gasteiger partial charge in [0.15, 0.2) is 11.6 Å². The summed E-state index contributed by atoms with van der Waals surface area (Å²) in [5.41, 5.74) is 3.40. The number of benzene rings is 2. The third-order valence-corrected chi connectivity index (χ3v) is 7.83. The zero-order chi connectivity index (χ0) is 22.5. The second-order valence-corrected chi connectivity index (χ2v) is 10.1. The summed E-state index contributed by atoms with van der Waals surface area (Å²) in [4.78, 5) is 0. The van der Waals surface area contributed by atoms with E-state index in [1.807, 2.05) is 6.92 Å². The van der Waals surface area contributed by atoms with Crippen LogP contribution in [0, 0.1) is 29.4 Å². The average Bonchev–Trinajstić information content (AvgIpc) is 2.82. The Hall–Kier alpha value is -1.90. The minimum Gasteiger partial charge on any atom is -0.490 e. The average molecular weight is 441 g/mol. The molecule has 3 heteroatoms. The Labute approximate surface area is 192 Å². The molecule has 0 bridgehead atoms. The minimum absolute atomic E-state index is 0.0692. The van der Waals surface area contributed by atoms with Gasteiger partial charge in [0.1, 0.15) is 0 Å². The number of aryl methyl sites for hydroxylation is 2. The molecule has 0 radical (unpaired) electrons. The standard InChI is InChI=1S/C29H38F2O/c1-3-5-20-7-10-22(11-8-20)25-14-13-24-17-21(9-12-26(24)18-25)19-32-27-16-15-23(6-4-2)28(30)29(27)31/h7-8,10-11,15-16,21,24-26H,3-6,9,12-14,17-19H2,1-2H3. The molecule has 2 saturated carbocycles. The van der Waals surface area contributed by atoms with Crippen LogP contribution in [0.2, 0.25) is 0 Å². The third kappa shape index (κ3) is 5.35. The van der Waals surface area contributed by atoms with Crippen LogP contribution in [0.4, 0.5) is 8.78 Å². The first-order chi connectivity index (χ1) is 15.6. The van der Waals surface area contributed by atoms with E-state index in [1.54, 1.807) is 12.1 Å². The molecule has 2 aromatic rings. The van der Waals surface area contributed by atoms with Crippen molar-refractivity contribution in [2.75, 3.05) is 6.61 Å². The second kappa shape index (κ2) is 10.8. The quantitative estimate of drug-likeness (QED) is 0.401. The molecule has 4 unspecified atom stereocenters. The fraction of sp³-hybridized carbons (Fsp3) is 0.586. The van der Waals surface area contributed by atoms with Gasteiger partial charge in [-0.2, -0.15) is 4.39 Å². The predicted molar refractivity (Wildman–Crippen MR) is 127 cm³/mol. The Morgan fingerprint density at radius 1 is 0.781 bits per heavy atom. The van der Waals surface area contributed by atoms with E-state index >= 15 is 0 Å². The summed E-state index contributed by atoms with van der Waals surface area (Å²) < 4.78 is 34.4. The molecule has 1 nitrogen and oxygen atoms in total.